The summed E-state index contributed by atoms with van der Waals surface area (Å²) in [6, 6.07) is 8.58. The van der Waals surface area contributed by atoms with Gasteiger partial charge in [0.1, 0.15) is 11.3 Å². The third kappa shape index (κ3) is 4.18. The van der Waals surface area contributed by atoms with Gasteiger partial charge in [0.05, 0.1) is 19.3 Å². The molecule has 3 aromatic rings. The molecule has 0 radical (unpaired) electrons. The van der Waals surface area contributed by atoms with Crippen LogP contribution in [0.2, 0.25) is 5.02 Å². The van der Waals surface area contributed by atoms with E-state index in [0.29, 0.717) is 15.6 Å². The quantitative estimate of drug-likeness (QED) is 0.231. The minimum Gasteiger partial charge on any atom is -0.505 e. The maximum absolute atomic E-state index is 12.2. The number of halogens is 4. The van der Waals surface area contributed by atoms with Gasteiger partial charge in [-0.1, -0.05) is 27.5 Å². The highest BCUT2D eigenvalue weighted by atomic mass is 127. The Morgan fingerprint density at radius 1 is 1.28 bits per heavy atom. The molecule has 9 heteroatoms. The fourth-order valence-corrected chi connectivity index (χ4v) is 4.55. The lowest BCUT2D eigenvalue weighted by Gasteiger charge is -2.01. The first-order valence-electron chi connectivity index (χ1n) is 6.75. The van der Waals surface area contributed by atoms with Crippen LogP contribution in [0.3, 0.4) is 0 Å². The van der Waals surface area contributed by atoms with Crippen molar-refractivity contribution >= 4 is 89.1 Å². The Morgan fingerprint density at radius 2 is 2.04 bits per heavy atom. The van der Waals surface area contributed by atoms with Gasteiger partial charge in [0.2, 0.25) is 0 Å². The molecule has 3 rings (SSSR count). The van der Waals surface area contributed by atoms with Crippen molar-refractivity contribution in [2.24, 2.45) is 5.10 Å². The summed E-state index contributed by atoms with van der Waals surface area (Å²) < 4.78 is 7.84. The number of nitrogens with zero attached hydrogens (tertiary/aromatic N) is 1. The number of fused-ring (bicyclic) bond motifs is 1. The number of hydrazone groups is 1. The molecule has 0 spiro atoms. The zero-order chi connectivity index (χ0) is 18.1. The number of amides is 1. The van der Waals surface area contributed by atoms with Crippen molar-refractivity contribution in [2.75, 3.05) is 0 Å². The van der Waals surface area contributed by atoms with Crippen molar-refractivity contribution in [3.63, 3.8) is 0 Å². The average molecular weight is 598 g/mol. The molecular formula is C16H8Br2ClIN2O3. The normalized spacial score (nSPS) is 11.4. The Bertz CT molecular complexity index is 997. The molecule has 0 unspecified atom stereocenters. The third-order valence-corrected chi connectivity index (χ3v) is 5.33. The van der Waals surface area contributed by atoms with Crippen LogP contribution in [0.5, 0.6) is 5.75 Å². The number of furan rings is 1. The van der Waals surface area contributed by atoms with E-state index in [1.165, 1.54) is 12.3 Å². The molecule has 0 fully saturated rings. The Labute approximate surface area is 177 Å². The summed E-state index contributed by atoms with van der Waals surface area (Å²) >= 11 is 14.6. The number of nitrogens with one attached hydrogen (secondary N) is 1. The number of hydrogen-bond donors (Lipinski definition) is 2. The molecule has 1 aromatic heterocycles. The second-order valence-corrected chi connectivity index (χ2v) is 8.29. The zero-order valence-corrected chi connectivity index (χ0v) is 18.3. The predicted molar refractivity (Wildman–Crippen MR) is 113 cm³/mol. The summed E-state index contributed by atoms with van der Waals surface area (Å²) in [5.74, 6) is -0.359. The lowest BCUT2D eigenvalue weighted by Crippen LogP contribution is -2.16. The SMILES string of the molecule is O=C(N/N=C\c1cc(Cl)c(O)c(Br)c1)c1cc2cc(Br)cc(I)c2o1. The highest BCUT2D eigenvalue weighted by Crippen LogP contribution is 2.32. The Morgan fingerprint density at radius 3 is 2.76 bits per heavy atom. The predicted octanol–water partition coefficient (Wildman–Crippen LogP) is 5.69. The van der Waals surface area contributed by atoms with Gasteiger partial charge in [-0.15, -0.1) is 0 Å². The standard InChI is InChI=1S/C16H8Br2ClIN2O3/c17-9-3-8-4-13(25-15(8)12(20)5-9)16(24)22-21-6-7-1-10(18)14(23)11(19)2-7/h1-6,23H,(H,22,24)/b21-6-. The monoisotopic (exact) mass is 596 g/mol. The van der Waals surface area contributed by atoms with Gasteiger partial charge in [-0.3, -0.25) is 4.79 Å². The summed E-state index contributed by atoms with van der Waals surface area (Å²) in [5, 5.41) is 14.5. The van der Waals surface area contributed by atoms with Crippen molar-refractivity contribution in [1.82, 2.24) is 5.43 Å². The van der Waals surface area contributed by atoms with Crippen molar-refractivity contribution in [1.29, 1.82) is 0 Å². The van der Waals surface area contributed by atoms with Crippen LogP contribution in [0.15, 0.2) is 48.8 Å². The smallest absolute Gasteiger partial charge is 0.307 e. The number of aromatic hydroxyl groups is 1. The lowest BCUT2D eigenvalue weighted by molar-refractivity contribution is 0.0929. The van der Waals surface area contributed by atoms with Gasteiger partial charge in [0, 0.05) is 9.86 Å². The van der Waals surface area contributed by atoms with E-state index in [2.05, 4.69) is 65.0 Å². The second-order valence-electron chi connectivity index (χ2n) is 4.95. The number of benzene rings is 2. The van der Waals surface area contributed by atoms with Gasteiger partial charge in [-0.2, -0.15) is 5.10 Å². The second kappa shape index (κ2) is 7.65. The molecule has 1 amide bonds. The Kier molecular flexibility index (Phi) is 5.71. The van der Waals surface area contributed by atoms with E-state index < -0.39 is 5.91 Å². The maximum Gasteiger partial charge on any atom is 0.307 e. The van der Waals surface area contributed by atoms with Crippen LogP contribution in [-0.2, 0) is 0 Å². The molecule has 0 aliphatic rings. The Balaban J connectivity index is 1.78. The first-order chi connectivity index (χ1) is 11.8. The molecule has 0 saturated heterocycles. The molecule has 0 aliphatic heterocycles. The first kappa shape index (κ1) is 18.7. The van der Waals surface area contributed by atoms with Crippen molar-refractivity contribution in [3.05, 3.63) is 59.2 Å². The molecule has 2 N–H and O–H groups in total. The van der Waals surface area contributed by atoms with Crippen molar-refractivity contribution in [2.45, 2.75) is 0 Å². The van der Waals surface area contributed by atoms with E-state index >= 15 is 0 Å². The van der Waals surface area contributed by atoms with E-state index in [9.17, 15) is 9.90 Å². The van der Waals surface area contributed by atoms with Crippen molar-refractivity contribution in [3.8, 4) is 5.75 Å². The van der Waals surface area contributed by atoms with Gasteiger partial charge < -0.3 is 9.52 Å². The number of phenolic OH excluding ortho intramolecular Hbond substituents is 1. The number of carbonyl (C=O) groups excluding carboxylic acids is 1. The summed E-state index contributed by atoms with van der Waals surface area (Å²) in [5.41, 5.74) is 3.65. The number of hydrogen-bond acceptors (Lipinski definition) is 4. The summed E-state index contributed by atoms with van der Waals surface area (Å²) in [6.45, 7) is 0. The van der Waals surface area contributed by atoms with Crippen molar-refractivity contribution < 1.29 is 14.3 Å². The summed E-state index contributed by atoms with van der Waals surface area (Å²) in [6.07, 6.45) is 1.41. The van der Waals surface area contributed by atoms with Crippen LogP contribution < -0.4 is 5.43 Å². The first-order valence-corrected chi connectivity index (χ1v) is 9.79. The average Bonchev–Trinajstić information content (AvgIpc) is 2.96. The summed E-state index contributed by atoms with van der Waals surface area (Å²) in [7, 11) is 0. The van der Waals surface area contributed by atoms with Gasteiger partial charge in [-0.05, 0) is 74.4 Å². The highest BCUT2D eigenvalue weighted by Gasteiger charge is 2.14. The van der Waals surface area contributed by atoms with E-state index in [0.717, 1.165) is 13.4 Å². The molecular weight excluding hydrogens is 590 g/mol. The van der Waals surface area contributed by atoms with Crippen LogP contribution in [0, 0.1) is 3.57 Å². The minimum absolute atomic E-state index is 0.0501. The molecule has 5 nitrogen and oxygen atoms in total. The van der Waals surface area contributed by atoms with E-state index in [1.54, 1.807) is 12.1 Å². The van der Waals surface area contributed by atoms with E-state index in [-0.39, 0.29) is 16.5 Å². The fraction of sp³-hybridized carbons (Fsp3) is 0. The molecule has 0 bridgehead atoms. The molecule has 0 saturated carbocycles. The summed E-state index contributed by atoms with van der Waals surface area (Å²) in [4.78, 5) is 12.2. The number of carbonyl (C=O) groups is 1. The number of rotatable bonds is 3. The van der Waals surface area contributed by atoms with E-state index in [4.69, 9.17) is 16.0 Å². The maximum atomic E-state index is 12.2. The van der Waals surface area contributed by atoms with Crippen LogP contribution in [0.4, 0.5) is 0 Å². The van der Waals surface area contributed by atoms with Gasteiger partial charge in [0.25, 0.3) is 0 Å². The molecule has 128 valence electrons. The lowest BCUT2D eigenvalue weighted by atomic mass is 10.2. The highest BCUT2D eigenvalue weighted by molar-refractivity contribution is 14.1. The van der Waals surface area contributed by atoms with Crippen LogP contribution in [-0.4, -0.2) is 17.2 Å². The number of phenols is 1. The molecule has 0 aliphatic carbocycles. The van der Waals surface area contributed by atoms with E-state index in [1.807, 2.05) is 12.1 Å². The molecule has 25 heavy (non-hydrogen) atoms. The van der Waals surface area contributed by atoms with Crippen LogP contribution in [0.25, 0.3) is 11.0 Å². The van der Waals surface area contributed by atoms with Gasteiger partial charge >= 0.3 is 5.91 Å². The molecule has 0 atom stereocenters. The van der Waals surface area contributed by atoms with Crippen LogP contribution >= 0.6 is 66.1 Å². The van der Waals surface area contributed by atoms with Gasteiger partial charge in [-0.25, -0.2) is 5.43 Å². The minimum atomic E-state index is -0.469. The topological polar surface area (TPSA) is 74.8 Å². The van der Waals surface area contributed by atoms with Gasteiger partial charge in [0.15, 0.2) is 5.76 Å². The molecule has 2 aromatic carbocycles. The largest absolute Gasteiger partial charge is 0.505 e. The fourth-order valence-electron chi connectivity index (χ4n) is 2.07. The van der Waals surface area contributed by atoms with Crippen LogP contribution in [0.1, 0.15) is 16.1 Å². The molecule has 1 heterocycles. The zero-order valence-electron chi connectivity index (χ0n) is 12.2. The third-order valence-electron chi connectivity index (χ3n) is 3.18. The Hall–Kier alpha value is -1.10.